The highest BCUT2D eigenvalue weighted by Gasteiger charge is 2.26. The summed E-state index contributed by atoms with van der Waals surface area (Å²) in [6.07, 6.45) is -4.24. The van der Waals surface area contributed by atoms with Crippen LogP contribution in [0.2, 0.25) is 5.02 Å². The number of nitrogens with one attached hydrogen (secondary N) is 1. The Kier molecular flexibility index (Phi) is 3.68. The first-order valence-corrected chi connectivity index (χ1v) is 4.44. The van der Waals surface area contributed by atoms with Crippen molar-refractivity contribution in [2.24, 2.45) is 0 Å². The minimum atomic E-state index is -4.24. The van der Waals surface area contributed by atoms with Crippen molar-refractivity contribution in [3.8, 4) is 5.75 Å². The Morgan fingerprint density at radius 1 is 1.40 bits per heavy atom. The highest BCUT2D eigenvalue weighted by molar-refractivity contribution is 6.32. The zero-order valence-electron chi connectivity index (χ0n) is 7.86. The monoisotopic (exact) mass is 239 g/mol. The molecule has 0 heterocycles. The van der Waals surface area contributed by atoms with E-state index in [2.05, 4.69) is 5.32 Å². The number of ether oxygens (including phenoxy) is 1. The smallest absolute Gasteiger partial charge is 0.405 e. The number of anilines is 1. The lowest BCUT2D eigenvalue weighted by Gasteiger charge is -2.11. The Morgan fingerprint density at radius 2 is 2.07 bits per heavy atom. The fourth-order valence-electron chi connectivity index (χ4n) is 0.972. The molecule has 0 fully saturated rings. The number of methoxy groups -OCH3 is 1. The Labute approximate surface area is 90.0 Å². The first-order chi connectivity index (χ1) is 6.92. The third kappa shape index (κ3) is 3.87. The molecule has 6 heteroatoms. The van der Waals surface area contributed by atoms with E-state index in [1.165, 1.54) is 25.3 Å². The van der Waals surface area contributed by atoms with Crippen molar-refractivity contribution in [1.82, 2.24) is 0 Å². The van der Waals surface area contributed by atoms with Gasteiger partial charge in [0, 0.05) is 11.8 Å². The van der Waals surface area contributed by atoms with Crippen LogP contribution in [0, 0.1) is 0 Å². The van der Waals surface area contributed by atoms with Crippen LogP contribution in [0.4, 0.5) is 18.9 Å². The van der Waals surface area contributed by atoms with Gasteiger partial charge in [-0.05, 0) is 12.1 Å². The molecule has 0 aliphatic heterocycles. The van der Waals surface area contributed by atoms with Crippen molar-refractivity contribution in [1.29, 1.82) is 0 Å². The van der Waals surface area contributed by atoms with Gasteiger partial charge in [-0.2, -0.15) is 13.2 Å². The van der Waals surface area contributed by atoms with Gasteiger partial charge in [-0.15, -0.1) is 0 Å². The quantitative estimate of drug-likeness (QED) is 0.874. The van der Waals surface area contributed by atoms with Gasteiger partial charge >= 0.3 is 6.18 Å². The molecule has 1 aromatic rings. The molecule has 15 heavy (non-hydrogen) atoms. The van der Waals surface area contributed by atoms with Crippen LogP contribution < -0.4 is 10.1 Å². The molecule has 84 valence electrons. The lowest BCUT2D eigenvalue weighted by atomic mass is 10.3. The van der Waals surface area contributed by atoms with Crippen molar-refractivity contribution < 1.29 is 17.9 Å². The van der Waals surface area contributed by atoms with E-state index in [1.807, 2.05) is 0 Å². The lowest BCUT2D eigenvalue weighted by Crippen LogP contribution is -2.21. The van der Waals surface area contributed by atoms with E-state index in [-0.39, 0.29) is 0 Å². The molecule has 0 radical (unpaired) electrons. The summed E-state index contributed by atoms with van der Waals surface area (Å²) >= 11 is 5.71. The molecule has 1 aromatic carbocycles. The van der Waals surface area contributed by atoms with Crippen LogP contribution in [0.1, 0.15) is 0 Å². The third-order valence-electron chi connectivity index (χ3n) is 1.64. The standard InChI is InChI=1S/C9H9ClF3NO/c1-15-8-4-6(2-3-7(8)10)14-5-9(11,12)13/h2-4,14H,5H2,1H3. The van der Waals surface area contributed by atoms with Gasteiger partial charge in [0.2, 0.25) is 0 Å². The number of benzene rings is 1. The van der Waals surface area contributed by atoms with Crippen LogP contribution in [0.5, 0.6) is 5.75 Å². The summed E-state index contributed by atoms with van der Waals surface area (Å²) in [6, 6.07) is 4.34. The SMILES string of the molecule is COc1cc(NCC(F)(F)F)ccc1Cl. The second-order valence-electron chi connectivity index (χ2n) is 2.82. The summed E-state index contributed by atoms with van der Waals surface area (Å²) in [5, 5.41) is 2.58. The fourth-order valence-corrected chi connectivity index (χ4v) is 1.17. The van der Waals surface area contributed by atoms with Crippen LogP contribution in [0.25, 0.3) is 0 Å². The van der Waals surface area contributed by atoms with Crippen LogP contribution in [0.3, 0.4) is 0 Å². The molecule has 0 aliphatic rings. The van der Waals surface area contributed by atoms with Gasteiger partial charge in [-0.1, -0.05) is 11.6 Å². The molecule has 0 aromatic heterocycles. The molecular formula is C9H9ClF3NO. The van der Waals surface area contributed by atoms with Gasteiger partial charge in [0.1, 0.15) is 12.3 Å². The first kappa shape index (κ1) is 12.0. The van der Waals surface area contributed by atoms with E-state index in [4.69, 9.17) is 16.3 Å². The highest BCUT2D eigenvalue weighted by atomic mass is 35.5. The molecule has 0 saturated heterocycles. The van der Waals surface area contributed by atoms with E-state index < -0.39 is 12.7 Å². The van der Waals surface area contributed by atoms with Gasteiger partial charge < -0.3 is 10.1 Å². The second-order valence-corrected chi connectivity index (χ2v) is 3.23. The maximum absolute atomic E-state index is 11.9. The molecule has 0 bridgehead atoms. The molecule has 0 saturated carbocycles. The molecule has 1 N–H and O–H groups in total. The normalized spacial score (nSPS) is 11.3. The molecule has 0 spiro atoms. The van der Waals surface area contributed by atoms with Gasteiger partial charge in [-0.25, -0.2) is 0 Å². The number of hydrogen-bond donors (Lipinski definition) is 1. The summed E-state index contributed by atoms with van der Waals surface area (Å²) < 4.78 is 40.5. The average Bonchev–Trinajstić information content (AvgIpc) is 2.15. The van der Waals surface area contributed by atoms with Crippen molar-refractivity contribution in [2.75, 3.05) is 19.0 Å². The third-order valence-corrected chi connectivity index (χ3v) is 1.96. The van der Waals surface area contributed by atoms with Gasteiger partial charge in [0.15, 0.2) is 0 Å². The Bertz CT molecular complexity index is 341. The number of rotatable bonds is 3. The molecule has 0 amide bonds. The minimum absolute atomic E-state index is 0.313. The van der Waals surface area contributed by atoms with Crippen LogP contribution >= 0.6 is 11.6 Å². The van der Waals surface area contributed by atoms with E-state index in [1.54, 1.807) is 0 Å². The van der Waals surface area contributed by atoms with Crippen molar-refractivity contribution >= 4 is 17.3 Å². The van der Waals surface area contributed by atoms with Crippen molar-refractivity contribution in [3.05, 3.63) is 23.2 Å². The lowest BCUT2D eigenvalue weighted by molar-refractivity contribution is -0.115. The average molecular weight is 240 g/mol. The van der Waals surface area contributed by atoms with Crippen LogP contribution in [-0.4, -0.2) is 19.8 Å². The van der Waals surface area contributed by atoms with E-state index in [9.17, 15) is 13.2 Å². The summed E-state index contributed by atoms with van der Waals surface area (Å²) in [7, 11) is 1.40. The number of alkyl halides is 3. The maximum atomic E-state index is 11.9. The maximum Gasteiger partial charge on any atom is 0.405 e. The Balaban J connectivity index is 2.70. The van der Waals surface area contributed by atoms with E-state index >= 15 is 0 Å². The molecule has 0 unspecified atom stereocenters. The minimum Gasteiger partial charge on any atom is -0.495 e. The molecule has 1 rings (SSSR count). The predicted molar refractivity (Wildman–Crippen MR) is 52.5 cm³/mol. The van der Waals surface area contributed by atoms with Crippen LogP contribution in [0.15, 0.2) is 18.2 Å². The highest BCUT2D eigenvalue weighted by Crippen LogP contribution is 2.27. The second kappa shape index (κ2) is 4.61. The number of hydrogen-bond acceptors (Lipinski definition) is 2. The van der Waals surface area contributed by atoms with E-state index in [0.29, 0.717) is 16.5 Å². The summed E-state index contributed by atoms with van der Waals surface area (Å²) in [4.78, 5) is 0. The van der Waals surface area contributed by atoms with Crippen molar-refractivity contribution in [2.45, 2.75) is 6.18 Å². The Morgan fingerprint density at radius 3 is 2.60 bits per heavy atom. The number of halogens is 4. The van der Waals surface area contributed by atoms with Crippen LogP contribution in [-0.2, 0) is 0 Å². The zero-order valence-corrected chi connectivity index (χ0v) is 8.62. The topological polar surface area (TPSA) is 21.3 Å². The van der Waals surface area contributed by atoms with Crippen molar-refractivity contribution in [3.63, 3.8) is 0 Å². The molecule has 0 atom stereocenters. The predicted octanol–water partition coefficient (Wildman–Crippen LogP) is 3.32. The fraction of sp³-hybridized carbons (Fsp3) is 0.333. The summed E-state index contributed by atoms with van der Waals surface area (Å²) in [6.45, 7) is -1.09. The van der Waals surface area contributed by atoms with Gasteiger partial charge in [0.05, 0.1) is 12.1 Å². The summed E-state index contributed by atoms with van der Waals surface area (Å²) in [5.74, 6) is 0.337. The van der Waals surface area contributed by atoms with E-state index in [0.717, 1.165) is 0 Å². The summed E-state index contributed by atoms with van der Waals surface area (Å²) in [5.41, 5.74) is 0.313. The first-order valence-electron chi connectivity index (χ1n) is 4.06. The Hall–Kier alpha value is -1.10. The van der Waals surface area contributed by atoms with Gasteiger partial charge in [0.25, 0.3) is 0 Å². The zero-order chi connectivity index (χ0) is 11.5. The molecule has 0 aliphatic carbocycles. The van der Waals surface area contributed by atoms with Gasteiger partial charge in [-0.3, -0.25) is 0 Å². The molecular weight excluding hydrogens is 231 g/mol. The molecule has 2 nitrogen and oxygen atoms in total. The largest absolute Gasteiger partial charge is 0.495 e.